The van der Waals surface area contributed by atoms with Crippen LogP contribution in [0.5, 0.6) is 11.5 Å². The fraction of sp³-hybridized carbons (Fsp3) is 0. The van der Waals surface area contributed by atoms with Gasteiger partial charge in [0.1, 0.15) is 0 Å². The lowest BCUT2D eigenvalue weighted by Gasteiger charge is -2.10. The summed E-state index contributed by atoms with van der Waals surface area (Å²) in [5.41, 5.74) is 0.948. The molecule has 0 unspecified atom stereocenters. The molecule has 1 aliphatic heterocycles. The lowest BCUT2D eigenvalue weighted by molar-refractivity contribution is 0.588. The number of fused-ring (bicyclic) bond motifs is 2. The maximum Gasteiger partial charge on any atom is 0.328 e. The summed E-state index contributed by atoms with van der Waals surface area (Å²) in [6.07, 6.45) is 1.80. The maximum absolute atomic E-state index is 5.90. The number of aromatic nitrogens is 1. The summed E-state index contributed by atoms with van der Waals surface area (Å²) in [4.78, 5) is 4.44. The minimum Gasteiger partial charge on any atom is -0.431 e. The van der Waals surface area contributed by atoms with Crippen LogP contribution in [0.3, 0.4) is 0 Å². The van der Waals surface area contributed by atoms with E-state index in [-0.39, 0.29) is 0 Å². The molecule has 0 atom stereocenters. The first kappa shape index (κ1) is 10.8. The smallest absolute Gasteiger partial charge is 0.328 e. The van der Waals surface area contributed by atoms with Crippen molar-refractivity contribution in [2.45, 2.75) is 0 Å². The Labute approximate surface area is 111 Å². The third-order valence-corrected chi connectivity index (χ3v) is 4.50. The third kappa shape index (κ3) is 1.74. The molecule has 0 saturated heterocycles. The Morgan fingerprint density at radius 1 is 0.789 bits per heavy atom. The summed E-state index contributed by atoms with van der Waals surface area (Å²) in [6, 6.07) is 17.8. The highest BCUT2D eigenvalue weighted by molar-refractivity contribution is 7.57. The molecule has 2 heterocycles. The number of nitrogens with zero attached hydrogens (tertiary/aromatic N) is 1. The fourth-order valence-electron chi connectivity index (χ4n) is 2.13. The molecule has 0 amide bonds. The van der Waals surface area contributed by atoms with Crippen molar-refractivity contribution in [1.29, 1.82) is 0 Å². The Balaban J connectivity index is 1.81. The van der Waals surface area contributed by atoms with Gasteiger partial charge in [0.15, 0.2) is 11.5 Å². The Morgan fingerprint density at radius 3 is 2.32 bits per heavy atom. The SMILES string of the molecule is c1ccc2c(c1)OP(c1cccc3cccnc13)O2. The van der Waals surface area contributed by atoms with Crippen LogP contribution < -0.4 is 14.4 Å². The molecule has 1 aliphatic rings. The van der Waals surface area contributed by atoms with E-state index in [0.717, 1.165) is 27.7 Å². The second-order valence-electron chi connectivity index (χ2n) is 4.24. The second kappa shape index (κ2) is 4.22. The molecular formula is C15H10NO2P. The minimum absolute atomic E-state index is 0.807. The molecule has 3 aromatic rings. The van der Waals surface area contributed by atoms with E-state index < -0.39 is 8.38 Å². The molecule has 0 saturated carbocycles. The van der Waals surface area contributed by atoms with Gasteiger partial charge in [-0.15, -0.1) is 0 Å². The molecule has 2 aromatic carbocycles. The van der Waals surface area contributed by atoms with E-state index in [1.165, 1.54) is 0 Å². The van der Waals surface area contributed by atoms with Gasteiger partial charge in [-0.25, -0.2) is 0 Å². The molecule has 0 fully saturated rings. The number of rotatable bonds is 1. The van der Waals surface area contributed by atoms with Crippen LogP contribution in [0.4, 0.5) is 0 Å². The zero-order valence-electron chi connectivity index (χ0n) is 9.98. The molecular weight excluding hydrogens is 257 g/mol. The second-order valence-corrected chi connectivity index (χ2v) is 5.60. The van der Waals surface area contributed by atoms with Crippen molar-refractivity contribution < 1.29 is 9.05 Å². The van der Waals surface area contributed by atoms with Gasteiger partial charge in [-0.05, 0) is 24.3 Å². The highest BCUT2D eigenvalue weighted by Crippen LogP contribution is 2.51. The van der Waals surface area contributed by atoms with Gasteiger partial charge in [0.2, 0.25) is 0 Å². The predicted octanol–water partition coefficient (Wildman–Crippen LogP) is 3.64. The van der Waals surface area contributed by atoms with Crippen LogP contribution in [0.1, 0.15) is 0 Å². The molecule has 4 heteroatoms. The van der Waals surface area contributed by atoms with Crippen molar-refractivity contribution in [3.63, 3.8) is 0 Å². The van der Waals surface area contributed by atoms with Crippen LogP contribution in [0.25, 0.3) is 10.9 Å². The van der Waals surface area contributed by atoms with Gasteiger partial charge < -0.3 is 9.05 Å². The van der Waals surface area contributed by atoms with E-state index in [2.05, 4.69) is 4.98 Å². The largest absolute Gasteiger partial charge is 0.431 e. The Morgan fingerprint density at radius 2 is 1.53 bits per heavy atom. The number of hydrogen-bond acceptors (Lipinski definition) is 3. The minimum atomic E-state index is -1.13. The summed E-state index contributed by atoms with van der Waals surface area (Å²) in [5.74, 6) is 1.61. The van der Waals surface area contributed by atoms with Gasteiger partial charge in [-0.3, -0.25) is 4.98 Å². The summed E-state index contributed by atoms with van der Waals surface area (Å²) < 4.78 is 11.8. The molecule has 19 heavy (non-hydrogen) atoms. The summed E-state index contributed by atoms with van der Waals surface area (Å²) >= 11 is 0. The molecule has 0 bridgehead atoms. The van der Waals surface area contributed by atoms with Crippen LogP contribution in [-0.2, 0) is 0 Å². The summed E-state index contributed by atoms with van der Waals surface area (Å²) in [6.45, 7) is 0. The summed E-state index contributed by atoms with van der Waals surface area (Å²) in [7, 11) is -1.13. The van der Waals surface area contributed by atoms with Crippen LogP contribution in [0.15, 0.2) is 60.8 Å². The number of pyridine rings is 1. The average Bonchev–Trinajstić information content (AvgIpc) is 2.90. The van der Waals surface area contributed by atoms with Gasteiger partial charge in [-0.1, -0.05) is 30.3 Å². The van der Waals surface area contributed by atoms with Crippen molar-refractivity contribution in [2.75, 3.05) is 0 Å². The van der Waals surface area contributed by atoms with Crippen molar-refractivity contribution >= 4 is 24.6 Å². The lowest BCUT2D eigenvalue weighted by Crippen LogP contribution is -2.08. The van der Waals surface area contributed by atoms with E-state index >= 15 is 0 Å². The van der Waals surface area contributed by atoms with Gasteiger partial charge >= 0.3 is 8.38 Å². The highest BCUT2D eigenvalue weighted by atomic mass is 31.2. The van der Waals surface area contributed by atoms with E-state index in [1.807, 2.05) is 54.6 Å². The Kier molecular flexibility index (Phi) is 2.39. The molecule has 0 radical (unpaired) electrons. The number of para-hydroxylation sites is 3. The quantitative estimate of drug-likeness (QED) is 0.631. The van der Waals surface area contributed by atoms with Crippen molar-refractivity contribution in [3.8, 4) is 11.5 Å². The monoisotopic (exact) mass is 267 g/mol. The molecule has 0 aliphatic carbocycles. The Bertz CT molecular complexity index is 729. The zero-order valence-corrected chi connectivity index (χ0v) is 10.9. The topological polar surface area (TPSA) is 31.4 Å². The van der Waals surface area contributed by atoms with E-state index in [1.54, 1.807) is 6.20 Å². The first-order valence-electron chi connectivity index (χ1n) is 6.01. The fourth-order valence-corrected chi connectivity index (χ4v) is 3.59. The van der Waals surface area contributed by atoms with Crippen LogP contribution in [0, 0.1) is 0 Å². The normalized spacial score (nSPS) is 13.9. The molecule has 0 N–H and O–H groups in total. The number of hydrogen-bond donors (Lipinski definition) is 0. The standard InChI is InChI=1S/C15H10NO2P/c1-2-8-13-12(7-1)17-19(18-13)14-9-3-5-11-6-4-10-16-15(11)14/h1-10H. The van der Waals surface area contributed by atoms with Gasteiger partial charge in [0.05, 0.1) is 10.8 Å². The van der Waals surface area contributed by atoms with E-state index in [4.69, 9.17) is 9.05 Å². The van der Waals surface area contributed by atoms with E-state index in [9.17, 15) is 0 Å². The average molecular weight is 267 g/mol. The van der Waals surface area contributed by atoms with Crippen LogP contribution in [-0.4, -0.2) is 4.98 Å². The van der Waals surface area contributed by atoms with Crippen LogP contribution in [0.2, 0.25) is 0 Å². The predicted molar refractivity (Wildman–Crippen MR) is 76.0 cm³/mol. The zero-order chi connectivity index (χ0) is 12.7. The van der Waals surface area contributed by atoms with Gasteiger partial charge in [0, 0.05) is 11.6 Å². The lowest BCUT2D eigenvalue weighted by atomic mass is 10.2. The van der Waals surface area contributed by atoms with Gasteiger partial charge in [-0.2, -0.15) is 0 Å². The van der Waals surface area contributed by atoms with Crippen molar-refractivity contribution in [2.24, 2.45) is 0 Å². The first-order valence-corrected chi connectivity index (χ1v) is 7.18. The molecule has 4 rings (SSSR count). The third-order valence-electron chi connectivity index (χ3n) is 3.02. The first-order chi connectivity index (χ1) is 9.42. The molecule has 92 valence electrons. The van der Waals surface area contributed by atoms with E-state index in [0.29, 0.717) is 0 Å². The van der Waals surface area contributed by atoms with Crippen LogP contribution >= 0.6 is 8.38 Å². The maximum atomic E-state index is 5.90. The van der Waals surface area contributed by atoms with Crippen molar-refractivity contribution in [3.05, 3.63) is 60.8 Å². The molecule has 3 nitrogen and oxygen atoms in total. The highest BCUT2D eigenvalue weighted by Gasteiger charge is 2.29. The molecule has 1 aromatic heterocycles. The van der Waals surface area contributed by atoms with Crippen molar-refractivity contribution in [1.82, 2.24) is 4.98 Å². The van der Waals surface area contributed by atoms with Gasteiger partial charge in [0.25, 0.3) is 0 Å². The Hall–Kier alpha value is -2.12. The summed E-state index contributed by atoms with van der Waals surface area (Å²) in [5, 5.41) is 2.12. The molecule has 0 spiro atoms. The number of benzene rings is 2.